The van der Waals surface area contributed by atoms with Crippen LogP contribution in [-0.2, 0) is 9.59 Å². The lowest BCUT2D eigenvalue weighted by Crippen LogP contribution is -2.68. The standard InChI is InChI=1S/C34H56O2/c1-3-5-6-7-8-26-11-15-28(16-12-26)30-19-23-34(24-20-30)31(35)33(32(34)36)21-17-29(18-22-33)27-13-9-25(4-2)10-14-27/h25-30H,3-24H2,1-2H3/t25-,26-,27-,28-,29?,30?,33?,34?. The van der Waals surface area contributed by atoms with Crippen molar-refractivity contribution in [3.8, 4) is 0 Å². The first-order chi connectivity index (χ1) is 17.5. The van der Waals surface area contributed by atoms with Gasteiger partial charge in [0.15, 0.2) is 11.6 Å². The molecule has 0 aromatic rings. The van der Waals surface area contributed by atoms with Crippen LogP contribution in [0.2, 0.25) is 0 Å². The number of carbonyl (C=O) groups excluding carboxylic acids is 2. The zero-order valence-corrected chi connectivity index (χ0v) is 23.8. The molecule has 0 bridgehead atoms. The summed E-state index contributed by atoms with van der Waals surface area (Å²) in [7, 11) is 0. The molecule has 5 aliphatic rings. The Morgan fingerprint density at radius 3 is 1.36 bits per heavy atom. The third-order valence-electron chi connectivity index (χ3n) is 12.7. The molecule has 0 radical (unpaired) electrons. The second kappa shape index (κ2) is 11.6. The second-order valence-electron chi connectivity index (χ2n) is 14.3. The van der Waals surface area contributed by atoms with Gasteiger partial charge in [0.05, 0.1) is 10.8 Å². The quantitative estimate of drug-likeness (QED) is 0.248. The molecule has 0 heterocycles. The number of unbranched alkanes of at least 4 members (excludes halogenated alkanes) is 3. The highest BCUT2D eigenvalue weighted by Gasteiger charge is 2.71. The summed E-state index contributed by atoms with van der Waals surface area (Å²) in [4.78, 5) is 27.5. The molecule has 0 atom stereocenters. The van der Waals surface area contributed by atoms with Crippen LogP contribution in [-0.4, -0.2) is 11.6 Å². The first kappa shape index (κ1) is 26.9. The highest BCUT2D eigenvalue weighted by atomic mass is 16.2. The molecule has 0 aromatic heterocycles. The Morgan fingerprint density at radius 2 is 0.944 bits per heavy atom. The highest BCUT2D eigenvalue weighted by molar-refractivity contribution is 6.30. The van der Waals surface area contributed by atoms with Crippen LogP contribution in [0.4, 0.5) is 0 Å². The maximum absolute atomic E-state index is 13.7. The number of Topliss-reactive ketones (excluding diaryl/α,β-unsaturated/α-hetero) is 2. The van der Waals surface area contributed by atoms with Crippen LogP contribution < -0.4 is 0 Å². The Hall–Kier alpha value is -0.660. The van der Waals surface area contributed by atoms with E-state index in [4.69, 9.17) is 0 Å². The number of rotatable bonds is 8. The molecule has 204 valence electrons. The fourth-order valence-electron chi connectivity index (χ4n) is 10.1. The maximum atomic E-state index is 13.7. The predicted octanol–water partition coefficient (Wildman–Crippen LogP) is 9.48. The van der Waals surface area contributed by atoms with Crippen LogP contribution in [0.15, 0.2) is 0 Å². The molecule has 36 heavy (non-hydrogen) atoms. The van der Waals surface area contributed by atoms with Crippen LogP contribution in [0.3, 0.4) is 0 Å². The average molecular weight is 497 g/mol. The minimum atomic E-state index is -0.543. The molecule has 5 rings (SSSR count). The third-order valence-corrected chi connectivity index (χ3v) is 12.7. The van der Waals surface area contributed by atoms with Crippen LogP contribution in [0.25, 0.3) is 0 Å². The maximum Gasteiger partial charge on any atom is 0.159 e. The smallest absolute Gasteiger partial charge is 0.159 e. The van der Waals surface area contributed by atoms with Gasteiger partial charge < -0.3 is 0 Å². The van der Waals surface area contributed by atoms with Gasteiger partial charge in [-0.05, 0) is 113 Å². The van der Waals surface area contributed by atoms with E-state index in [1.54, 1.807) is 0 Å². The van der Waals surface area contributed by atoms with Crippen molar-refractivity contribution in [2.75, 3.05) is 0 Å². The molecule has 5 fully saturated rings. The Balaban J connectivity index is 1.06. The number of hydrogen-bond acceptors (Lipinski definition) is 2. The third kappa shape index (κ3) is 5.02. The van der Waals surface area contributed by atoms with E-state index in [-0.39, 0.29) is 0 Å². The lowest BCUT2D eigenvalue weighted by atomic mass is 9.41. The molecule has 5 aliphatic carbocycles. The molecule has 0 saturated heterocycles. The van der Waals surface area contributed by atoms with Crippen molar-refractivity contribution in [2.45, 2.75) is 155 Å². The fraction of sp³-hybridized carbons (Fsp3) is 0.941. The predicted molar refractivity (Wildman–Crippen MR) is 149 cm³/mol. The van der Waals surface area contributed by atoms with Crippen LogP contribution in [0, 0.1) is 46.3 Å². The average Bonchev–Trinajstić information content (AvgIpc) is 2.95. The van der Waals surface area contributed by atoms with Gasteiger partial charge in [-0.1, -0.05) is 78.1 Å². The van der Waals surface area contributed by atoms with Gasteiger partial charge in [-0.15, -0.1) is 0 Å². The lowest BCUT2D eigenvalue weighted by Gasteiger charge is -2.58. The van der Waals surface area contributed by atoms with E-state index in [0.29, 0.717) is 11.6 Å². The zero-order chi connectivity index (χ0) is 25.2. The van der Waals surface area contributed by atoms with Crippen molar-refractivity contribution in [1.82, 2.24) is 0 Å². The topological polar surface area (TPSA) is 34.1 Å². The minimum Gasteiger partial charge on any atom is -0.297 e. The minimum absolute atomic E-state index is 0.405. The molecule has 0 N–H and O–H groups in total. The first-order valence-electron chi connectivity index (χ1n) is 16.6. The van der Waals surface area contributed by atoms with E-state index in [1.165, 1.54) is 89.9 Å². The van der Waals surface area contributed by atoms with Gasteiger partial charge in [-0.3, -0.25) is 9.59 Å². The van der Waals surface area contributed by atoms with Gasteiger partial charge in [0.25, 0.3) is 0 Å². The van der Waals surface area contributed by atoms with Crippen molar-refractivity contribution in [3.63, 3.8) is 0 Å². The van der Waals surface area contributed by atoms with Gasteiger partial charge >= 0.3 is 0 Å². The summed E-state index contributed by atoms with van der Waals surface area (Å²) >= 11 is 0. The molecule has 0 aliphatic heterocycles. The lowest BCUT2D eigenvalue weighted by molar-refractivity contribution is -0.179. The molecule has 2 nitrogen and oxygen atoms in total. The molecule has 2 spiro atoms. The summed E-state index contributed by atoms with van der Waals surface area (Å²) in [5.41, 5.74) is -1.08. The van der Waals surface area contributed by atoms with E-state index in [2.05, 4.69) is 13.8 Å². The Morgan fingerprint density at radius 1 is 0.528 bits per heavy atom. The van der Waals surface area contributed by atoms with Crippen molar-refractivity contribution < 1.29 is 9.59 Å². The van der Waals surface area contributed by atoms with E-state index >= 15 is 0 Å². The Kier molecular flexibility index (Phi) is 8.68. The van der Waals surface area contributed by atoms with Crippen LogP contribution in [0.1, 0.15) is 155 Å². The summed E-state index contributed by atoms with van der Waals surface area (Å²) < 4.78 is 0. The van der Waals surface area contributed by atoms with E-state index in [9.17, 15) is 9.59 Å². The van der Waals surface area contributed by atoms with Crippen molar-refractivity contribution >= 4 is 11.6 Å². The SMILES string of the molecule is CCCCCC[C@H]1CC[C@H](C2CCC3(CC2)C(=O)C2(CCC([C@H]4CC[C@H](CC)CC4)CC2)C3=O)CC1. The van der Waals surface area contributed by atoms with Gasteiger partial charge in [0, 0.05) is 0 Å². The van der Waals surface area contributed by atoms with Crippen molar-refractivity contribution in [3.05, 3.63) is 0 Å². The molecule has 2 heteroatoms. The largest absolute Gasteiger partial charge is 0.297 e. The number of carbonyl (C=O) groups is 2. The highest BCUT2D eigenvalue weighted by Crippen LogP contribution is 2.63. The molecular weight excluding hydrogens is 440 g/mol. The van der Waals surface area contributed by atoms with Crippen molar-refractivity contribution in [2.24, 2.45) is 46.3 Å². The number of ketones is 2. The van der Waals surface area contributed by atoms with Crippen LogP contribution >= 0.6 is 0 Å². The van der Waals surface area contributed by atoms with E-state index in [1.807, 2.05) is 0 Å². The molecule has 0 unspecified atom stereocenters. The molecular formula is C34H56O2. The summed E-state index contributed by atoms with van der Waals surface area (Å²) in [6.45, 7) is 4.64. The summed E-state index contributed by atoms with van der Waals surface area (Å²) in [5, 5.41) is 0. The zero-order valence-electron chi connectivity index (χ0n) is 23.8. The van der Waals surface area contributed by atoms with Crippen molar-refractivity contribution in [1.29, 1.82) is 0 Å². The van der Waals surface area contributed by atoms with Crippen LogP contribution in [0.5, 0.6) is 0 Å². The van der Waals surface area contributed by atoms with E-state index < -0.39 is 10.8 Å². The Bertz CT molecular complexity index is 715. The number of hydrogen-bond donors (Lipinski definition) is 0. The summed E-state index contributed by atoms with van der Waals surface area (Å²) in [5.74, 6) is 6.03. The monoisotopic (exact) mass is 496 g/mol. The normalized spacial score (nSPS) is 43.6. The first-order valence-corrected chi connectivity index (χ1v) is 16.6. The summed E-state index contributed by atoms with van der Waals surface area (Å²) in [6.07, 6.45) is 27.8. The van der Waals surface area contributed by atoms with Gasteiger partial charge in [-0.2, -0.15) is 0 Å². The molecule has 5 saturated carbocycles. The Labute approximate surface area is 222 Å². The van der Waals surface area contributed by atoms with Gasteiger partial charge in [0.2, 0.25) is 0 Å². The second-order valence-corrected chi connectivity index (χ2v) is 14.3. The molecule has 0 amide bonds. The summed E-state index contributed by atoms with van der Waals surface area (Å²) in [6, 6.07) is 0. The molecule has 0 aromatic carbocycles. The van der Waals surface area contributed by atoms with Gasteiger partial charge in [-0.25, -0.2) is 0 Å². The van der Waals surface area contributed by atoms with Gasteiger partial charge in [0.1, 0.15) is 0 Å². The van der Waals surface area contributed by atoms with E-state index in [0.717, 1.165) is 86.9 Å². The fourth-order valence-corrected chi connectivity index (χ4v) is 10.1.